The van der Waals surface area contributed by atoms with E-state index in [4.69, 9.17) is 26.8 Å². The standard InChI is InChI=1S/C17H22ClN3O3/c1-23-17(24-2)6-5-14(12(19)9-17)21-16(22)15-8-10-7-11(18)3-4-13(10)20-15/h3-4,7-8,12,14,20H,5-6,9,19H2,1-2H3,(H,21,22)/t12-,14+/m0/s1. The van der Waals surface area contributed by atoms with E-state index in [1.165, 1.54) is 0 Å². The zero-order valence-corrected chi connectivity index (χ0v) is 14.5. The molecular weight excluding hydrogens is 330 g/mol. The molecule has 0 bridgehead atoms. The number of methoxy groups -OCH3 is 2. The molecule has 0 aliphatic heterocycles. The van der Waals surface area contributed by atoms with Gasteiger partial charge in [0.15, 0.2) is 5.79 Å². The maximum Gasteiger partial charge on any atom is 0.268 e. The molecule has 0 spiro atoms. The maximum absolute atomic E-state index is 12.5. The van der Waals surface area contributed by atoms with Crippen LogP contribution in [0.5, 0.6) is 0 Å². The number of aromatic amines is 1. The lowest BCUT2D eigenvalue weighted by Crippen LogP contribution is -2.56. The van der Waals surface area contributed by atoms with Crippen molar-refractivity contribution in [3.8, 4) is 0 Å². The number of aromatic nitrogens is 1. The summed E-state index contributed by atoms with van der Waals surface area (Å²) in [6.45, 7) is 0. The number of halogens is 1. The van der Waals surface area contributed by atoms with E-state index >= 15 is 0 Å². The molecule has 6 nitrogen and oxygen atoms in total. The van der Waals surface area contributed by atoms with Gasteiger partial charge >= 0.3 is 0 Å². The third kappa shape index (κ3) is 3.28. The van der Waals surface area contributed by atoms with Gasteiger partial charge in [0.2, 0.25) is 0 Å². The predicted octanol–water partition coefficient (Wildman–Crippen LogP) is 2.42. The molecule has 4 N–H and O–H groups in total. The molecule has 130 valence electrons. The smallest absolute Gasteiger partial charge is 0.268 e. The van der Waals surface area contributed by atoms with Crippen molar-refractivity contribution in [1.82, 2.24) is 10.3 Å². The molecule has 0 saturated heterocycles. The van der Waals surface area contributed by atoms with E-state index in [0.29, 0.717) is 30.0 Å². The van der Waals surface area contributed by atoms with Crippen molar-refractivity contribution in [3.05, 3.63) is 35.0 Å². The van der Waals surface area contributed by atoms with Gasteiger partial charge in [-0.1, -0.05) is 11.6 Å². The summed E-state index contributed by atoms with van der Waals surface area (Å²) in [6.07, 6.45) is 1.91. The van der Waals surface area contributed by atoms with Crippen LogP contribution in [0.1, 0.15) is 29.8 Å². The second-order valence-electron chi connectivity index (χ2n) is 6.22. The predicted molar refractivity (Wildman–Crippen MR) is 93.1 cm³/mol. The molecule has 1 aromatic carbocycles. The fraction of sp³-hybridized carbons (Fsp3) is 0.471. The fourth-order valence-corrected chi connectivity index (χ4v) is 3.48. The number of carbonyl (C=O) groups excluding carboxylic acids is 1. The van der Waals surface area contributed by atoms with Crippen molar-refractivity contribution in [2.24, 2.45) is 5.73 Å². The molecule has 0 radical (unpaired) electrons. The first kappa shape index (κ1) is 17.2. The van der Waals surface area contributed by atoms with Gasteiger partial charge in [-0.2, -0.15) is 0 Å². The molecule has 1 fully saturated rings. The van der Waals surface area contributed by atoms with Crippen LogP contribution in [-0.2, 0) is 9.47 Å². The zero-order chi connectivity index (χ0) is 17.3. The van der Waals surface area contributed by atoms with Crippen molar-refractivity contribution in [1.29, 1.82) is 0 Å². The van der Waals surface area contributed by atoms with Crippen LogP contribution in [0.4, 0.5) is 0 Å². The largest absolute Gasteiger partial charge is 0.353 e. The Morgan fingerprint density at radius 2 is 2.12 bits per heavy atom. The van der Waals surface area contributed by atoms with Crippen LogP contribution >= 0.6 is 11.6 Å². The SMILES string of the molecule is COC1(OC)CC[C@@H](NC(=O)c2cc3cc(Cl)ccc3[nH]2)[C@@H](N)C1. The average molecular weight is 352 g/mol. The van der Waals surface area contributed by atoms with Crippen molar-refractivity contribution in [2.45, 2.75) is 37.1 Å². The molecule has 7 heteroatoms. The van der Waals surface area contributed by atoms with E-state index < -0.39 is 5.79 Å². The zero-order valence-electron chi connectivity index (χ0n) is 13.8. The summed E-state index contributed by atoms with van der Waals surface area (Å²) in [5, 5.41) is 4.55. The molecule has 3 rings (SSSR count). The van der Waals surface area contributed by atoms with E-state index in [0.717, 1.165) is 10.9 Å². The number of H-pyrrole nitrogens is 1. The highest BCUT2D eigenvalue weighted by atomic mass is 35.5. The number of benzene rings is 1. The van der Waals surface area contributed by atoms with Gasteiger partial charge in [0.05, 0.1) is 0 Å². The normalized spacial score (nSPS) is 23.3. The Labute approximate surface area is 145 Å². The minimum atomic E-state index is -0.654. The number of hydrogen-bond donors (Lipinski definition) is 3. The molecule has 1 saturated carbocycles. The third-order valence-electron chi connectivity index (χ3n) is 4.79. The first-order valence-electron chi connectivity index (χ1n) is 7.91. The van der Waals surface area contributed by atoms with E-state index in [2.05, 4.69) is 10.3 Å². The number of rotatable bonds is 4. The molecule has 1 aliphatic rings. The van der Waals surface area contributed by atoms with Crippen LogP contribution in [0.2, 0.25) is 5.02 Å². The van der Waals surface area contributed by atoms with Crippen LogP contribution in [0.25, 0.3) is 10.9 Å². The topological polar surface area (TPSA) is 89.4 Å². The molecular formula is C17H22ClN3O3. The molecule has 1 aliphatic carbocycles. The lowest BCUT2D eigenvalue weighted by molar-refractivity contribution is -0.227. The number of ether oxygens (including phenoxy) is 2. The fourth-order valence-electron chi connectivity index (χ4n) is 3.30. The summed E-state index contributed by atoms with van der Waals surface area (Å²) in [5.41, 5.74) is 7.59. The van der Waals surface area contributed by atoms with Gasteiger partial charge in [0.1, 0.15) is 5.69 Å². The van der Waals surface area contributed by atoms with Gasteiger partial charge in [-0.15, -0.1) is 0 Å². The lowest BCUT2D eigenvalue weighted by Gasteiger charge is -2.41. The van der Waals surface area contributed by atoms with Crippen molar-refractivity contribution >= 4 is 28.4 Å². The number of nitrogens with one attached hydrogen (secondary N) is 2. The number of hydrogen-bond acceptors (Lipinski definition) is 4. The first-order valence-corrected chi connectivity index (χ1v) is 8.29. The van der Waals surface area contributed by atoms with Crippen LogP contribution in [0.3, 0.4) is 0 Å². The number of nitrogens with two attached hydrogens (primary N) is 1. The Bertz CT molecular complexity index is 742. The third-order valence-corrected chi connectivity index (χ3v) is 5.02. The van der Waals surface area contributed by atoms with Crippen LogP contribution in [0.15, 0.2) is 24.3 Å². The monoisotopic (exact) mass is 351 g/mol. The molecule has 1 heterocycles. The van der Waals surface area contributed by atoms with Crippen molar-refractivity contribution < 1.29 is 14.3 Å². The van der Waals surface area contributed by atoms with Gasteiger partial charge in [-0.05, 0) is 30.7 Å². The van der Waals surface area contributed by atoms with Crippen molar-refractivity contribution in [2.75, 3.05) is 14.2 Å². The van der Waals surface area contributed by atoms with Crippen LogP contribution in [0, 0.1) is 0 Å². The quantitative estimate of drug-likeness (QED) is 0.738. The molecule has 2 atom stereocenters. The highest BCUT2D eigenvalue weighted by Gasteiger charge is 2.40. The summed E-state index contributed by atoms with van der Waals surface area (Å²) >= 11 is 5.98. The molecule has 2 aromatic rings. The Balaban J connectivity index is 1.70. The van der Waals surface area contributed by atoms with E-state index in [9.17, 15) is 4.79 Å². The Morgan fingerprint density at radius 3 is 2.79 bits per heavy atom. The molecule has 0 unspecified atom stereocenters. The van der Waals surface area contributed by atoms with Gasteiger partial charge in [-0.3, -0.25) is 4.79 Å². The van der Waals surface area contributed by atoms with Gasteiger partial charge in [0, 0.05) is 55.1 Å². The van der Waals surface area contributed by atoms with Crippen LogP contribution < -0.4 is 11.1 Å². The van der Waals surface area contributed by atoms with E-state index in [-0.39, 0.29) is 18.0 Å². The second kappa shape index (κ2) is 6.72. The Hall–Kier alpha value is -1.60. The van der Waals surface area contributed by atoms with Gasteiger partial charge in [-0.25, -0.2) is 0 Å². The average Bonchev–Trinajstić information content (AvgIpc) is 3.00. The minimum absolute atomic E-state index is 0.120. The summed E-state index contributed by atoms with van der Waals surface area (Å²) in [6, 6.07) is 6.90. The number of carbonyl (C=O) groups is 1. The van der Waals surface area contributed by atoms with Gasteiger partial charge in [0.25, 0.3) is 5.91 Å². The first-order chi connectivity index (χ1) is 11.5. The minimum Gasteiger partial charge on any atom is -0.353 e. The summed E-state index contributed by atoms with van der Waals surface area (Å²) < 4.78 is 10.9. The maximum atomic E-state index is 12.5. The van der Waals surface area contributed by atoms with Crippen LogP contribution in [-0.4, -0.2) is 43.0 Å². The molecule has 1 aromatic heterocycles. The summed E-state index contributed by atoms with van der Waals surface area (Å²) in [5.74, 6) is -0.830. The van der Waals surface area contributed by atoms with Crippen molar-refractivity contribution in [3.63, 3.8) is 0 Å². The lowest BCUT2D eigenvalue weighted by atomic mass is 9.86. The summed E-state index contributed by atoms with van der Waals surface area (Å²) in [7, 11) is 3.23. The Kier molecular flexibility index (Phi) is 4.83. The van der Waals surface area contributed by atoms with E-state index in [1.807, 2.05) is 12.1 Å². The highest BCUT2D eigenvalue weighted by Crippen LogP contribution is 2.31. The number of fused-ring (bicyclic) bond motifs is 1. The number of amides is 1. The van der Waals surface area contributed by atoms with E-state index in [1.54, 1.807) is 26.4 Å². The van der Waals surface area contributed by atoms with Gasteiger partial charge < -0.3 is 25.5 Å². The second-order valence-corrected chi connectivity index (χ2v) is 6.66. The molecule has 24 heavy (non-hydrogen) atoms. The highest BCUT2D eigenvalue weighted by molar-refractivity contribution is 6.31. The summed E-state index contributed by atoms with van der Waals surface area (Å²) in [4.78, 5) is 15.6. The Morgan fingerprint density at radius 1 is 1.38 bits per heavy atom. The molecule has 1 amide bonds.